The Labute approximate surface area is 205 Å². The largest absolute Gasteiger partial charge is 0.469 e. The summed E-state index contributed by atoms with van der Waals surface area (Å²) in [6.45, 7) is 0. The SMILES string of the molecule is COC(=O)CCCc1ccc(C(CCC(F)(F)C(F)(F)C(F)(F)F)NS(=O)(=O)c2ccc(F)cc2)s1. The third kappa shape index (κ3) is 7.38. The summed E-state index contributed by atoms with van der Waals surface area (Å²) in [5, 5.41) is 0. The number of rotatable bonds is 12. The van der Waals surface area contributed by atoms with Crippen LogP contribution in [0.5, 0.6) is 0 Å². The van der Waals surface area contributed by atoms with Crippen molar-refractivity contribution in [2.45, 2.75) is 61.1 Å². The molecule has 1 unspecified atom stereocenters. The van der Waals surface area contributed by atoms with Crippen molar-refractivity contribution in [1.82, 2.24) is 4.72 Å². The number of halogens is 8. The molecule has 36 heavy (non-hydrogen) atoms. The van der Waals surface area contributed by atoms with Gasteiger partial charge in [-0.15, -0.1) is 11.3 Å². The number of nitrogens with one attached hydrogen (secondary N) is 1. The molecule has 0 amide bonds. The Kier molecular flexibility index (Phi) is 9.51. The van der Waals surface area contributed by atoms with Gasteiger partial charge in [-0.25, -0.2) is 17.5 Å². The van der Waals surface area contributed by atoms with Crippen molar-refractivity contribution in [3.63, 3.8) is 0 Å². The molecule has 0 aliphatic heterocycles. The maximum absolute atomic E-state index is 13.9. The van der Waals surface area contributed by atoms with E-state index in [0.717, 1.165) is 35.6 Å². The maximum Gasteiger partial charge on any atom is 0.459 e. The summed E-state index contributed by atoms with van der Waals surface area (Å²) in [5.74, 6) is -13.1. The van der Waals surface area contributed by atoms with Crippen molar-refractivity contribution < 1.29 is 53.1 Å². The van der Waals surface area contributed by atoms with Crippen molar-refractivity contribution in [3.05, 3.63) is 52.0 Å². The molecule has 1 aromatic heterocycles. The highest BCUT2D eigenvalue weighted by Gasteiger charge is 2.72. The Morgan fingerprint density at radius 2 is 1.64 bits per heavy atom. The number of alkyl halides is 7. The first-order valence-electron chi connectivity index (χ1n) is 10.3. The third-order valence-electron chi connectivity index (χ3n) is 5.04. The van der Waals surface area contributed by atoms with Crippen molar-refractivity contribution in [3.8, 4) is 0 Å². The van der Waals surface area contributed by atoms with E-state index >= 15 is 0 Å². The molecule has 0 spiro atoms. The molecule has 0 bridgehead atoms. The standard InChI is InChI=1S/C21H21F8NO4S2/c1-34-18(31)4-2-3-14-7-10-17(35-14)16(11-12-19(23,24)20(25,26)21(27,28)29)30-36(32,33)15-8-5-13(22)6-9-15/h5-10,16,30H,2-4,11-12H2,1H3. The first-order valence-corrected chi connectivity index (χ1v) is 12.6. The lowest BCUT2D eigenvalue weighted by molar-refractivity contribution is -0.355. The predicted molar refractivity (Wildman–Crippen MR) is 114 cm³/mol. The number of hydrogen-bond donors (Lipinski definition) is 1. The summed E-state index contributed by atoms with van der Waals surface area (Å²) in [6.07, 6.45) is -8.93. The average molecular weight is 568 g/mol. The van der Waals surface area contributed by atoms with Gasteiger partial charge < -0.3 is 4.74 Å². The maximum atomic E-state index is 13.9. The zero-order valence-electron chi connectivity index (χ0n) is 18.6. The highest BCUT2D eigenvalue weighted by Crippen LogP contribution is 2.49. The highest BCUT2D eigenvalue weighted by molar-refractivity contribution is 7.89. The van der Waals surface area contributed by atoms with Crippen LogP contribution < -0.4 is 4.72 Å². The second kappa shape index (κ2) is 11.4. The van der Waals surface area contributed by atoms with Gasteiger partial charge in [-0.1, -0.05) is 0 Å². The van der Waals surface area contributed by atoms with Crippen molar-refractivity contribution in [2.24, 2.45) is 0 Å². The zero-order valence-corrected chi connectivity index (χ0v) is 20.2. The molecule has 0 saturated heterocycles. The van der Waals surface area contributed by atoms with Gasteiger partial charge in [-0.3, -0.25) is 4.79 Å². The van der Waals surface area contributed by atoms with Crippen LogP contribution in [0.2, 0.25) is 0 Å². The van der Waals surface area contributed by atoms with Crippen LogP contribution in [-0.4, -0.2) is 39.5 Å². The quantitative estimate of drug-likeness (QED) is 0.252. The molecular weight excluding hydrogens is 546 g/mol. The number of hydrogen-bond acceptors (Lipinski definition) is 5. The van der Waals surface area contributed by atoms with Gasteiger partial charge in [-0.2, -0.15) is 30.7 Å². The summed E-state index contributed by atoms with van der Waals surface area (Å²) < 4.78 is 137. The second-order valence-corrected chi connectivity index (χ2v) is 10.6. The van der Waals surface area contributed by atoms with E-state index in [9.17, 15) is 48.3 Å². The van der Waals surface area contributed by atoms with Crippen LogP contribution in [0.3, 0.4) is 0 Å². The highest BCUT2D eigenvalue weighted by atomic mass is 32.2. The van der Waals surface area contributed by atoms with Crippen LogP contribution in [0.15, 0.2) is 41.3 Å². The number of sulfonamides is 1. The van der Waals surface area contributed by atoms with Crippen molar-refractivity contribution in [1.29, 1.82) is 0 Å². The van der Waals surface area contributed by atoms with E-state index < -0.39 is 63.6 Å². The first-order chi connectivity index (χ1) is 16.5. The van der Waals surface area contributed by atoms with E-state index in [4.69, 9.17) is 0 Å². The molecule has 0 radical (unpaired) electrons. The molecule has 0 fully saturated rings. The van der Waals surface area contributed by atoms with Crippen LogP contribution in [0.1, 0.15) is 41.5 Å². The average Bonchev–Trinajstić information content (AvgIpc) is 3.24. The minimum atomic E-state index is -6.52. The van der Waals surface area contributed by atoms with E-state index in [-0.39, 0.29) is 11.3 Å². The summed E-state index contributed by atoms with van der Waals surface area (Å²) in [4.78, 5) is 11.4. The molecule has 0 aliphatic carbocycles. The molecule has 5 nitrogen and oxygen atoms in total. The van der Waals surface area contributed by atoms with Crippen LogP contribution in [0, 0.1) is 5.82 Å². The van der Waals surface area contributed by atoms with Gasteiger partial charge in [0.25, 0.3) is 0 Å². The Bertz CT molecular complexity index is 1130. The van der Waals surface area contributed by atoms with Gasteiger partial charge in [0.15, 0.2) is 0 Å². The minimum absolute atomic E-state index is 0.0586. The molecular formula is C21H21F8NO4S2. The smallest absolute Gasteiger partial charge is 0.459 e. The third-order valence-corrected chi connectivity index (χ3v) is 7.79. The molecule has 1 N–H and O–H groups in total. The molecule has 1 heterocycles. The van der Waals surface area contributed by atoms with Gasteiger partial charge in [0.2, 0.25) is 10.0 Å². The molecule has 0 saturated carbocycles. The number of carbonyl (C=O) groups excluding carboxylic acids is 1. The fraction of sp³-hybridized carbons (Fsp3) is 0.476. The van der Waals surface area contributed by atoms with Gasteiger partial charge in [0.1, 0.15) is 5.82 Å². The first kappa shape index (κ1) is 30.0. The molecule has 2 aromatic rings. The lowest BCUT2D eigenvalue weighted by Gasteiger charge is -2.29. The van der Waals surface area contributed by atoms with E-state index in [1.165, 1.54) is 19.2 Å². The monoisotopic (exact) mass is 567 g/mol. The normalized spacial score (nSPS) is 14.0. The lowest BCUT2D eigenvalue weighted by atomic mass is 10.0. The molecule has 1 aromatic carbocycles. The summed E-state index contributed by atoms with van der Waals surface area (Å²) in [6, 6.07) is 4.56. The van der Waals surface area contributed by atoms with Crippen molar-refractivity contribution in [2.75, 3.05) is 7.11 Å². The van der Waals surface area contributed by atoms with Gasteiger partial charge in [0.05, 0.1) is 18.0 Å². The zero-order chi connectivity index (χ0) is 27.4. The molecule has 2 rings (SSSR count). The van der Waals surface area contributed by atoms with Gasteiger partial charge in [-0.05, 0) is 55.7 Å². The van der Waals surface area contributed by atoms with E-state index in [0.29, 0.717) is 17.7 Å². The van der Waals surface area contributed by atoms with E-state index in [1.54, 1.807) is 0 Å². The van der Waals surface area contributed by atoms with Gasteiger partial charge in [0, 0.05) is 22.6 Å². The number of esters is 1. The number of thiophene rings is 1. The van der Waals surface area contributed by atoms with Crippen LogP contribution in [0.25, 0.3) is 0 Å². The number of aryl methyl sites for hydroxylation is 1. The van der Waals surface area contributed by atoms with Crippen molar-refractivity contribution >= 4 is 27.3 Å². The molecule has 15 heteroatoms. The van der Waals surface area contributed by atoms with Crippen LogP contribution in [-0.2, 0) is 26.0 Å². The Morgan fingerprint density at radius 3 is 2.19 bits per heavy atom. The number of benzene rings is 1. The summed E-state index contributed by atoms with van der Waals surface area (Å²) in [5.41, 5.74) is 0. The topological polar surface area (TPSA) is 72.5 Å². The fourth-order valence-electron chi connectivity index (χ4n) is 3.04. The van der Waals surface area contributed by atoms with E-state index in [2.05, 4.69) is 4.74 Å². The van der Waals surface area contributed by atoms with Crippen LogP contribution >= 0.6 is 11.3 Å². The molecule has 0 aliphatic rings. The summed E-state index contributed by atoms with van der Waals surface area (Å²) in [7, 11) is -3.31. The fourth-order valence-corrected chi connectivity index (χ4v) is 5.51. The summed E-state index contributed by atoms with van der Waals surface area (Å²) >= 11 is 0.909. The lowest BCUT2D eigenvalue weighted by Crippen LogP contribution is -2.52. The molecule has 1 atom stereocenters. The predicted octanol–water partition coefficient (Wildman–Crippen LogP) is 6.02. The Morgan fingerprint density at radius 1 is 1.03 bits per heavy atom. The Balaban J connectivity index is 2.30. The Hall–Kier alpha value is -2.26. The van der Waals surface area contributed by atoms with Crippen LogP contribution in [0.4, 0.5) is 35.1 Å². The number of ether oxygens (including phenoxy) is 1. The van der Waals surface area contributed by atoms with Gasteiger partial charge >= 0.3 is 24.0 Å². The molecule has 202 valence electrons. The van der Waals surface area contributed by atoms with E-state index in [1.807, 2.05) is 4.72 Å². The number of carbonyl (C=O) groups is 1. The minimum Gasteiger partial charge on any atom is -0.469 e. The second-order valence-electron chi connectivity index (χ2n) is 7.68. The number of methoxy groups -OCH3 is 1.